The number of amides is 2. The second-order valence-corrected chi connectivity index (χ2v) is 9.02. The average Bonchev–Trinajstić information content (AvgIpc) is 3.48. The maximum absolute atomic E-state index is 12.3. The van der Waals surface area contributed by atoms with E-state index in [0.717, 1.165) is 6.42 Å². The van der Waals surface area contributed by atoms with Crippen LogP contribution in [0.15, 0.2) is 48.5 Å². The minimum absolute atomic E-state index is 0.0182. The molecule has 7 heteroatoms. The Balaban J connectivity index is 1.07. The lowest BCUT2D eigenvalue weighted by atomic mass is 9.80. The molecular formula is C25H26N2O5. The van der Waals surface area contributed by atoms with Crippen LogP contribution in [0, 0.1) is 17.8 Å². The molecule has 5 rings (SSSR count). The van der Waals surface area contributed by atoms with Crippen LogP contribution in [0.2, 0.25) is 0 Å². The first-order valence-corrected chi connectivity index (χ1v) is 11.1. The standard InChI is InChI=1S/C25H26N2O5/c28-23(27-16-9-14(10-16)24(29)30)21-11-15(21)12-26-25(31)32-13-22-19-7-3-1-5-17(19)18-6-2-4-8-20(18)22/h1-8,14-16,21-22H,9-13H2,(H,26,31)(H,27,28)(H,29,30)/t14?,15-,16?,21-/m0/s1. The van der Waals surface area contributed by atoms with E-state index in [-0.39, 0.29) is 42.2 Å². The van der Waals surface area contributed by atoms with Crippen molar-refractivity contribution in [3.05, 3.63) is 59.7 Å². The van der Waals surface area contributed by atoms with E-state index in [4.69, 9.17) is 9.84 Å². The molecule has 2 atom stereocenters. The molecule has 166 valence electrons. The number of carboxylic acid groups (broad SMARTS) is 1. The third kappa shape index (κ3) is 3.95. The molecule has 3 N–H and O–H groups in total. The molecule has 32 heavy (non-hydrogen) atoms. The molecule has 2 aromatic carbocycles. The fourth-order valence-electron chi connectivity index (χ4n) is 4.90. The van der Waals surface area contributed by atoms with Gasteiger partial charge in [-0.1, -0.05) is 48.5 Å². The van der Waals surface area contributed by atoms with Crippen LogP contribution in [-0.4, -0.2) is 42.3 Å². The number of carbonyl (C=O) groups is 3. The number of rotatable bonds is 7. The average molecular weight is 434 g/mol. The van der Waals surface area contributed by atoms with E-state index in [1.54, 1.807) is 0 Å². The maximum atomic E-state index is 12.3. The van der Waals surface area contributed by atoms with Crippen molar-refractivity contribution in [3.8, 4) is 11.1 Å². The SMILES string of the molecule is O=C(NC[C@@H]1C[C@@H]1C(=O)NC1CC(C(=O)O)C1)OCC1c2ccccc2-c2ccccc21. The van der Waals surface area contributed by atoms with Gasteiger partial charge in [-0.15, -0.1) is 0 Å². The highest BCUT2D eigenvalue weighted by Gasteiger charge is 2.45. The van der Waals surface area contributed by atoms with Crippen LogP contribution in [0.3, 0.4) is 0 Å². The van der Waals surface area contributed by atoms with Crippen LogP contribution < -0.4 is 10.6 Å². The minimum Gasteiger partial charge on any atom is -0.481 e. The molecule has 0 radical (unpaired) electrons. The predicted molar refractivity (Wildman–Crippen MR) is 117 cm³/mol. The number of carboxylic acids is 1. The smallest absolute Gasteiger partial charge is 0.407 e. The summed E-state index contributed by atoms with van der Waals surface area (Å²) in [6, 6.07) is 16.3. The molecular weight excluding hydrogens is 408 g/mol. The topological polar surface area (TPSA) is 105 Å². The van der Waals surface area contributed by atoms with Crippen molar-refractivity contribution in [1.82, 2.24) is 10.6 Å². The minimum atomic E-state index is -0.799. The van der Waals surface area contributed by atoms with Crippen molar-refractivity contribution in [3.63, 3.8) is 0 Å². The lowest BCUT2D eigenvalue weighted by molar-refractivity contribution is -0.146. The number of hydrogen-bond donors (Lipinski definition) is 3. The van der Waals surface area contributed by atoms with Gasteiger partial charge in [0.05, 0.1) is 5.92 Å². The molecule has 0 unspecified atom stereocenters. The Morgan fingerprint density at radius 2 is 1.56 bits per heavy atom. The van der Waals surface area contributed by atoms with Gasteiger partial charge in [-0.25, -0.2) is 4.79 Å². The Morgan fingerprint density at radius 3 is 2.19 bits per heavy atom. The quantitative estimate of drug-likeness (QED) is 0.621. The summed E-state index contributed by atoms with van der Waals surface area (Å²) in [5, 5.41) is 14.6. The summed E-state index contributed by atoms with van der Waals surface area (Å²) in [5.41, 5.74) is 4.71. The molecule has 2 amide bonds. The van der Waals surface area contributed by atoms with Gasteiger partial charge in [-0.3, -0.25) is 9.59 Å². The Kier molecular flexibility index (Phi) is 5.33. The summed E-state index contributed by atoms with van der Waals surface area (Å²) in [6.07, 6.45) is 1.25. The van der Waals surface area contributed by atoms with Gasteiger partial charge < -0.3 is 20.5 Å². The second-order valence-electron chi connectivity index (χ2n) is 9.02. The van der Waals surface area contributed by atoms with Gasteiger partial charge in [-0.05, 0) is 47.4 Å². The summed E-state index contributed by atoms with van der Waals surface area (Å²) >= 11 is 0. The van der Waals surface area contributed by atoms with Gasteiger partial charge in [-0.2, -0.15) is 0 Å². The number of hydrogen-bond acceptors (Lipinski definition) is 4. The van der Waals surface area contributed by atoms with E-state index in [1.807, 2.05) is 24.3 Å². The molecule has 0 spiro atoms. The number of ether oxygens (including phenoxy) is 1. The molecule has 2 fully saturated rings. The summed E-state index contributed by atoms with van der Waals surface area (Å²) in [5.74, 6) is -1.18. The zero-order valence-electron chi connectivity index (χ0n) is 17.6. The molecule has 0 aromatic heterocycles. The molecule has 3 aliphatic carbocycles. The number of nitrogens with one attached hydrogen (secondary N) is 2. The summed E-state index contributed by atoms with van der Waals surface area (Å²) in [4.78, 5) is 35.4. The first-order chi connectivity index (χ1) is 15.5. The predicted octanol–water partition coefficient (Wildman–Crippen LogP) is 3.14. The Hall–Kier alpha value is -3.35. The summed E-state index contributed by atoms with van der Waals surface area (Å²) in [7, 11) is 0. The molecule has 2 saturated carbocycles. The molecule has 0 heterocycles. The van der Waals surface area contributed by atoms with E-state index in [1.165, 1.54) is 22.3 Å². The van der Waals surface area contributed by atoms with Crippen molar-refractivity contribution in [2.45, 2.75) is 31.2 Å². The summed E-state index contributed by atoms with van der Waals surface area (Å²) < 4.78 is 5.53. The fraction of sp³-hybridized carbons (Fsp3) is 0.400. The van der Waals surface area contributed by atoms with E-state index >= 15 is 0 Å². The maximum Gasteiger partial charge on any atom is 0.407 e. The van der Waals surface area contributed by atoms with Gasteiger partial charge in [0.15, 0.2) is 0 Å². The van der Waals surface area contributed by atoms with Gasteiger partial charge in [0.2, 0.25) is 5.91 Å². The highest BCUT2D eigenvalue weighted by atomic mass is 16.5. The zero-order valence-corrected chi connectivity index (χ0v) is 17.6. The first kappa shape index (κ1) is 20.5. The molecule has 0 aliphatic heterocycles. The normalized spacial score (nSPS) is 25.1. The Labute approximate surface area is 186 Å². The first-order valence-electron chi connectivity index (χ1n) is 11.1. The van der Waals surface area contributed by atoms with Crippen molar-refractivity contribution in [2.75, 3.05) is 13.2 Å². The number of fused-ring (bicyclic) bond motifs is 3. The third-order valence-corrected chi connectivity index (χ3v) is 6.95. The van der Waals surface area contributed by atoms with Crippen LogP contribution in [0.5, 0.6) is 0 Å². The second kappa shape index (κ2) is 8.30. The fourth-order valence-corrected chi connectivity index (χ4v) is 4.90. The highest BCUT2D eigenvalue weighted by molar-refractivity contribution is 5.82. The van der Waals surface area contributed by atoms with Gasteiger partial charge in [0, 0.05) is 24.4 Å². The van der Waals surface area contributed by atoms with Crippen LogP contribution in [0.25, 0.3) is 11.1 Å². The third-order valence-electron chi connectivity index (χ3n) is 6.95. The Morgan fingerprint density at radius 1 is 0.938 bits per heavy atom. The lowest BCUT2D eigenvalue weighted by Gasteiger charge is -2.32. The van der Waals surface area contributed by atoms with E-state index in [0.29, 0.717) is 19.4 Å². The number of aliphatic carboxylic acids is 1. The number of carbonyl (C=O) groups excluding carboxylic acids is 2. The highest BCUT2D eigenvalue weighted by Crippen LogP contribution is 2.44. The van der Waals surface area contributed by atoms with Crippen molar-refractivity contribution in [1.29, 1.82) is 0 Å². The van der Waals surface area contributed by atoms with Crippen molar-refractivity contribution < 1.29 is 24.2 Å². The molecule has 3 aliphatic rings. The van der Waals surface area contributed by atoms with Gasteiger partial charge >= 0.3 is 12.1 Å². The Bertz CT molecular complexity index is 1020. The van der Waals surface area contributed by atoms with Crippen LogP contribution >= 0.6 is 0 Å². The summed E-state index contributed by atoms with van der Waals surface area (Å²) in [6.45, 7) is 0.665. The van der Waals surface area contributed by atoms with Gasteiger partial charge in [0.1, 0.15) is 6.61 Å². The molecule has 0 saturated heterocycles. The number of alkyl carbamates (subject to hydrolysis) is 1. The molecule has 2 aromatic rings. The molecule has 7 nitrogen and oxygen atoms in total. The largest absolute Gasteiger partial charge is 0.481 e. The molecule has 0 bridgehead atoms. The zero-order chi connectivity index (χ0) is 22.2. The van der Waals surface area contributed by atoms with Crippen molar-refractivity contribution in [2.24, 2.45) is 17.8 Å². The number of benzene rings is 2. The van der Waals surface area contributed by atoms with Crippen molar-refractivity contribution >= 4 is 18.0 Å². The van der Waals surface area contributed by atoms with E-state index in [9.17, 15) is 14.4 Å². The lowest BCUT2D eigenvalue weighted by Crippen LogP contribution is -2.47. The van der Waals surface area contributed by atoms with Crippen LogP contribution in [-0.2, 0) is 14.3 Å². The van der Waals surface area contributed by atoms with Gasteiger partial charge in [0.25, 0.3) is 0 Å². The van der Waals surface area contributed by atoms with E-state index in [2.05, 4.69) is 34.9 Å². The monoisotopic (exact) mass is 434 g/mol. The van der Waals surface area contributed by atoms with E-state index < -0.39 is 12.1 Å². The van der Waals surface area contributed by atoms with Crippen LogP contribution in [0.4, 0.5) is 4.79 Å². The van der Waals surface area contributed by atoms with Crippen LogP contribution in [0.1, 0.15) is 36.3 Å².